The van der Waals surface area contributed by atoms with Gasteiger partial charge in [-0.1, -0.05) is 24.3 Å². The summed E-state index contributed by atoms with van der Waals surface area (Å²) in [5, 5.41) is 0. The topological polar surface area (TPSA) is 38.5 Å². The number of rotatable bonds is 6. The summed E-state index contributed by atoms with van der Waals surface area (Å²) >= 11 is 0. The molecule has 0 bridgehead atoms. The monoisotopic (exact) mass is 310 g/mol. The summed E-state index contributed by atoms with van der Waals surface area (Å²) in [7, 11) is 0. The first-order chi connectivity index (χ1) is 11.1. The summed E-state index contributed by atoms with van der Waals surface area (Å²) in [5.74, 6) is 0.789. The average molecular weight is 310 g/mol. The van der Waals surface area contributed by atoms with Gasteiger partial charge in [-0.3, -0.25) is 0 Å². The van der Waals surface area contributed by atoms with Gasteiger partial charge in [0.1, 0.15) is 5.75 Å². The minimum atomic E-state index is 0.151. The Labute approximate surface area is 139 Å². The van der Waals surface area contributed by atoms with Crippen LogP contribution in [0.1, 0.15) is 31.4 Å². The van der Waals surface area contributed by atoms with Gasteiger partial charge >= 0.3 is 0 Å². The highest BCUT2D eigenvalue weighted by atomic mass is 16.5. The van der Waals surface area contributed by atoms with Gasteiger partial charge < -0.3 is 15.4 Å². The van der Waals surface area contributed by atoms with Gasteiger partial charge in [-0.2, -0.15) is 0 Å². The lowest BCUT2D eigenvalue weighted by Crippen LogP contribution is -2.22. The van der Waals surface area contributed by atoms with E-state index < -0.39 is 0 Å². The third-order valence-corrected chi connectivity index (χ3v) is 4.31. The Bertz CT molecular complexity index is 666. The van der Waals surface area contributed by atoms with E-state index in [0.717, 1.165) is 37.4 Å². The first-order valence-electron chi connectivity index (χ1n) is 8.51. The number of nitrogens with zero attached hydrogens (tertiary/aromatic N) is 1. The SMILES string of the molecule is CC(C)Oc1ccc(CCCN2CCc3ccccc32)cc1N. The Morgan fingerprint density at radius 1 is 1.17 bits per heavy atom. The van der Waals surface area contributed by atoms with Crippen molar-refractivity contribution in [1.29, 1.82) is 0 Å². The Morgan fingerprint density at radius 2 is 2.00 bits per heavy atom. The number of nitrogen functional groups attached to an aromatic ring is 1. The van der Waals surface area contributed by atoms with Crippen molar-refractivity contribution in [3.05, 3.63) is 53.6 Å². The minimum Gasteiger partial charge on any atom is -0.489 e. The molecule has 0 amide bonds. The molecular weight excluding hydrogens is 284 g/mol. The van der Waals surface area contributed by atoms with Crippen molar-refractivity contribution in [2.24, 2.45) is 0 Å². The normalized spacial score (nSPS) is 13.4. The molecular formula is C20H26N2O. The van der Waals surface area contributed by atoms with Crippen LogP contribution in [0.3, 0.4) is 0 Å². The lowest BCUT2D eigenvalue weighted by atomic mass is 10.1. The summed E-state index contributed by atoms with van der Waals surface area (Å²) in [6.45, 7) is 6.27. The second-order valence-electron chi connectivity index (χ2n) is 6.51. The number of anilines is 2. The van der Waals surface area contributed by atoms with E-state index in [1.54, 1.807) is 0 Å². The predicted octanol–water partition coefficient (Wildman–Crippen LogP) is 4.05. The molecule has 3 rings (SSSR count). The molecule has 0 radical (unpaired) electrons. The maximum atomic E-state index is 6.09. The van der Waals surface area contributed by atoms with Gasteiger partial charge in [0.15, 0.2) is 0 Å². The van der Waals surface area contributed by atoms with Crippen molar-refractivity contribution < 1.29 is 4.74 Å². The highest BCUT2D eigenvalue weighted by Gasteiger charge is 2.17. The lowest BCUT2D eigenvalue weighted by Gasteiger charge is -2.19. The van der Waals surface area contributed by atoms with E-state index in [4.69, 9.17) is 10.5 Å². The van der Waals surface area contributed by atoms with E-state index >= 15 is 0 Å². The summed E-state index contributed by atoms with van der Waals surface area (Å²) in [5.41, 5.74) is 11.0. The fraction of sp³-hybridized carbons (Fsp3) is 0.400. The number of nitrogens with two attached hydrogens (primary N) is 1. The summed E-state index contributed by atoms with van der Waals surface area (Å²) in [6.07, 6.45) is 3.51. The first-order valence-corrected chi connectivity index (χ1v) is 8.51. The number of ether oxygens (including phenoxy) is 1. The molecule has 0 aromatic heterocycles. The second-order valence-corrected chi connectivity index (χ2v) is 6.51. The lowest BCUT2D eigenvalue weighted by molar-refractivity contribution is 0.244. The maximum absolute atomic E-state index is 6.09. The van der Waals surface area contributed by atoms with E-state index in [9.17, 15) is 0 Å². The Kier molecular flexibility index (Phi) is 4.75. The van der Waals surface area contributed by atoms with Crippen molar-refractivity contribution in [2.45, 2.75) is 39.2 Å². The molecule has 1 heterocycles. The number of hydrogen-bond donors (Lipinski definition) is 1. The second kappa shape index (κ2) is 6.95. The molecule has 122 valence electrons. The van der Waals surface area contributed by atoms with Crippen LogP contribution >= 0.6 is 0 Å². The fourth-order valence-corrected chi connectivity index (χ4v) is 3.23. The molecule has 2 N–H and O–H groups in total. The van der Waals surface area contributed by atoms with Crippen LogP contribution < -0.4 is 15.4 Å². The molecule has 0 atom stereocenters. The van der Waals surface area contributed by atoms with E-state index in [1.165, 1.54) is 23.2 Å². The Morgan fingerprint density at radius 3 is 2.78 bits per heavy atom. The van der Waals surface area contributed by atoms with E-state index in [2.05, 4.69) is 41.3 Å². The van der Waals surface area contributed by atoms with Crippen LogP contribution in [0.4, 0.5) is 11.4 Å². The molecule has 2 aromatic rings. The van der Waals surface area contributed by atoms with Crippen LogP contribution in [0.5, 0.6) is 5.75 Å². The van der Waals surface area contributed by atoms with Gasteiger partial charge in [-0.05, 0) is 62.4 Å². The molecule has 0 fully saturated rings. The van der Waals surface area contributed by atoms with Crippen molar-refractivity contribution in [3.63, 3.8) is 0 Å². The van der Waals surface area contributed by atoms with Crippen LogP contribution in [0.15, 0.2) is 42.5 Å². The zero-order valence-electron chi connectivity index (χ0n) is 14.1. The van der Waals surface area contributed by atoms with Crippen molar-refractivity contribution >= 4 is 11.4 Å². The maximum Gasteiger partial charge on any atom is 0.142 e. The van der Waals surface area contributed by atoms with Crippen molar-refractivity contribution in [2.75, 3.05) is 23.7 Å². The summed E-state index contributed by atoms with van der Waals surface area (Å²) in [6, 6.07) is 14.9. The van der Waals surface area contributed by atoms with Crippen LogP contribution in [0.2, 0.25) is 0 Å². The Balaban J connectivity index is 1.54. The number of fused-ring (bicyclic) bond motifs is 1. The molecule has 23 heavy (non-hydrogen) atoms. The van der Waals surface area contributed by atoms with E-state index in [0.29, 0.717) is 0 Å². The van der Waals surface area contributed by atoms with E-state index in [1.807, 2.05) is 19.9 Å². The van der Waals surface area contributed by atoms with Crippen LogP contribution in [-0.2, 0) is 12.8 Å². The molecule has 1 aliphatic rings. The number of hydrogen-bond acceptors (Lipinski definition) is 3. The zero-order valence-corrected chi connectivity index (χ0v) is 14.1. The molecule has 2 aromatic carbocycles. The van der Waals surface area contributed by atoms with Crippen molar-refractivity contribution in [1.82, 2.24) is 0 Å². The number of benzene rings is 2. The Hall–Kier alpha value is -2.16. The highest BCUT2D eigenvalue weighted by Crippen LogP contribution is 2.28. The third kappa shape index (κ3) is 3.79. The smallest absolute Gasteiger partial charge is 0.142 e. The first kappa shape index (κ1) is 15.7. The largest absolute Gasteiger partial charge is 0.489 e. The van der Waals surface area contributed by atoms with Gasteiger partial charge in [0.05, 0.1) is 11.8 Å². The average Bonchev–Trinajstić information content (AvgIpc) is 2.93. The molecule has 0 saturated carbocycles. The van der Waals surface area contributed by atoms with Crippen molar-refractivity contribution in [3.8, 4) is 5.75 Å². The number of aryl methyl sites for hydroxylation is 1. The zero-order chi connectivity index (χ0) is 16.2. The standard InChI is InChI=1S/C20H26N2O/c1-15(2)23-20-10-9-16(14-18(20)21)6-5-12-22-13-11-17-7-3-4-8-19(17)22/h3-4,7-10,14-15H,5-6,11-13,21H2,1-2H3. The molecule has 1 aliphatic heterocycles. The highest BCUT2D eigenvalue weighted by molar-refractivity contribution is 5.58. The van der Waals surface area contributed by atoms with Gasteiger partial charge in [-0.25, -0.2) is 0 Å². The number of para-hydroxylation sites is 1. The van der Waals surface area contributed by atoms with Gasteiger partial charge in [0.25, 0.3) is 0 Å². The van der Waals surface area contributed by atoms with E-state index in [-0.39, 0.29) is 6.10 Å². The third-order valence-electron chi connectivity index (χ3n) is 4.31. The molecule has 3 nitrogen and oxygen atoms in total. The minimum absolute atomic E-state index is 0.151. The summed E-state index contributed by atoms with van der Waals surface area (Å²) < 4.78 is 5.69. The summed E-state index contributed by atoms with van der Waals surface area (Å²) in [4.78, 5) is 2.49. The molecule has 3 heteroatoms. The van der Waals surface area contributed by atoms with Gasteiger partial charge in [0.2, 0.25) is 0 Å². The molecule has 0 aliphatic carbocycles. The fourth-order valence-electron chi connectivity index (χ4n) is 3.23. The molecule has 0 unspecified atom stereocenters. The quantitative estimate of drug-likeness (QED) is 0.818. The molecule has 0 saturated heterocycles. The van der Waals surface area contributed by atoms with Crippen LogP contribution in [-0.4, -0.2) is 19.2 Å². The van der Waals surface area contributed by atoms with Gasteiger partial charge in [0, 0.05) is 18.8 Å². The van der Waals surface area contributed by atoms with Crippen LogP contribution in [0, 0.1) is 0 Å². The van der Waals surface area contributed by atoms with Crippen LogP contribution in [0.25, 0.3) is 0 Å². The predicted molar refractivity (Wildman–Crippen MR) is 97.3 cm³/mol. The molecule has 0 spiro atoms. The van der Waals surface area contributed by atoms with Gasteiger partial charge in [-0.15, -0.1) is 0 Å².